The number of hydrogen-bond acceptors (Lipinski definition) is 3. The average molecular weight is 223 g/mol. The molecule has 0 saturated carbocycles. The molecule has 0 aromatic carbocycles. The van der Waals surface area contributed by atoms with E-state index < -0.39 is 0 Å². The number of hydrogen-bond donors (Lipinski definition) is 1. The number of aliphatic imine (C=N–C) groups is 1. The molecule has 0 aromatic heterocycles. The Bertz CT molecular complexity index is 309. The maximum Gasteiger partial charge on any atom is 0.233 e. The summed E-state index contributed by atoms with van der Waals surface area (Å²) < 4.78 is 0. The summed E-state index contributed by atoms with van der Waals surface area (Å²) >= 11 is 0. The third-order valence-corrected chi connectivity index (χ3v) is 3.28. The van der Waals surface area contributed by atoms with Crippen LogP contribution in [0.1, 0.15) is 33.1 Å². The SMILES string of the molecule is CC1(C)C/C2=N/CCCNCCCN2C1=O. The molecule has 16 heavy (non-hydrogen) atoms. The van der Waals surface area contributed by atoms with Gasteiger partial charge in [-0.15, -0.1) is 0 Å². The van der Waals surface area contributed by atoms with Crippen LogP contribution in [0.2, 0.25) is 0 Å². The van der Waals surface area contributed by atoms with E-state index in [2.05, 4.69) is 10.3 Å². The topological polar surface area (TPSA) is 44.7 Å². The van der Waals surface area contributed by atoms with Gasteiger partial charge in [-0.3, -0.25) is 9.79 Å². The van der Waals surface area contributed by atoms with Crippen molar-refractivity contribution in [2.45, 2.75) is 33.1 Å². The Morgan fingerprint density at radius 1 is 1.31 bits per heavy atom. The van der Waals surface area contributed by atoms with E-state index in [0.29, 0.717) is 0 Å². The van der Waals surface area contributed by atoms with Gasteiger partial charge in [0, 0.05) is 19.5 Å². The molecule has 0 bridgehead atoms. The van der Waals surface area contributed by atoms with Gasteiger partial charge in [0.25, 0.3) is 0 Å². The van der Waals surface area contributed by atoms with E-state index in [1.54, 1.807) is 0 Å². The molecule has 0 aromatic rings. The molecule has 1 fully saturated rings. The summed E-state index contributed by atoms with van der Waals surface area (Å²) in [4.78, 5) is 18.6. The molecule has 0 aliphatic carbocycles. The first kappa shape index (κ1) is 11.6. The Morgan fingerprint density at radius 2 is 2.06 bits per heavy atom. The Balaban J connectivity index is 2.16. The Morgan fingerprint density at radius 3 is 2.88 bits per heavy atom. The van der Waals surface area contributed by atoms with E-state index in [1.165, 1.54) is 0 Å². The fourth-order valence-electron chi connectivity index (χ4n) is 2.32. The summed E-state index contributed by atoms with van der Waals surface area (Å²) in [6, 6.07) is 0. The Labute approximate surface area is 97.1 Å². The van der Waals surface area contributed by atoms with Crippen molar-refractivity contribution in [1.29, 1.82) is 0 Å². The first-order valence-electron chi connectivity index (χ1n) is 6.17. The van der Waals surface area contributed by atoms with Crippen molar-refractivity contribution in [2.24, 2.45) is 10.4 Å². The summed E-state index contributed by atoms with van der Waals surface area (Å²) in [6.07, 6.45) is 2.88. The molecule has 1 saturated heterocycles. The molecule has 1 amide bonds. The van der Waals surface area contributed by atoms with Gasteiger partial charge in [-0.2, -0.15) is 0 Å². The minimum absolute atomic E-state index is 0.242. The molecule has 2 rings (SSSR count). The van der Waals surface area contributed by atoms with Gasteiger partial charge in [-0.1, -0.05) is 13.8 Å². The van der Waals surface area contributed by atoms with Crippen LogP contribution in [0.5, 0.6) is 0 Å². The number of nitrogens with zero attached hydrogens (tertiary/aromatic N) is 2. The van der Waals surface area contributed by atoms with Crippen LogP contribution in [0, 0.1) is 5.41 Å². The highest BCUT2D eigenvalue weighted by Crippen LogP contribution is 2.32. The molecule has 0 spiro atoms. The highest BCUT2D eigenvalue weighted by Gasteiger charge is 2.42. The molecule has 2 aliphatic rings. The van der Waals surface area contributed by atoms with Crippen molar-refractivity contribution < 1.29 is 4.79 Å². The zero-order chi connectivity index (χ0) is 11.6. The standard InChI is InChI=1S/C12H21N3O/c1-12(2)9-10-14-7-3-5-13-6-4-8-15(10)11(12)16/h13H,3-9H2,1-2H3/b14-10-. The second-order valence-corrected chi connectivity index (χ2v) is 5.27. The summed E-state index contributed by atoms with van der Waals surface area (Å²) in [5.41, 5.74) is -0.250. The Kier molecular flexibility index (Phi) is 3.28. The van der Waals surface area contributed by atoms with Crippen LogP contribution in [0.25, 0.3) is 0 Å². The number of fused-ring (bicyclic) bond motifs is 1. The number of rotatable bonds is 0. The average Bonchev–Trinajstić information content (AvgIpc) is 2.46. The Hall–Kier alpha value is -0.900. The number of carbonyl (C=O) groups is 1. The summed E-state index contributed by atoms with van der Waals surface area (Å²) in [5.74, 6) is 1.25. The number of nitrogens with one attached hydrogen (secondary N) is 1. The van der Waals surface area contributed by atoms with Crippen LogP contribution in [-0.4, -0.2) is 42.8 Å². The van der Waals surface area contributed by atoms with E-state index in [0.717, 1.165) is 51.3 Å². The van der Waals surface area contributed by atoms with Gasteiger partial charge in [0.2, 0.25) is 5.91 Å². The lowest BCUT2D eigenvalue weighted by molar-refractivity contribution is -0.133. The van der Waals surface area contributed by atoms with E-state index in [-0.39, 0.29) is 11.3 Å². The smallest absolute Gasteiger partial charge is 0.233 e. The van der Waals surface area contributed by atoms with Crippen molar-refractivity contribution in [2.75, 3.05) is 26.2 Å². The predicted molar refractivity (Wildman–Crippen MR) is 64.5 cm³/mol. The van der Waals surface area contributed by atoms with Crippen molar-refractivity contribution in [3.05, 3.63) is 0 Å². The second kappa shape index (κ2) is 4.53. The lowest BCUT2D eigenvalue weighted by atomic mass is 9.92. The fourth-order valence-corrected chi connectivity index (χ4v) is 2.32. The summed E-state index contributed by atoms with van der Waals surface area (Å²) in [7, 11) is 0. The van der Waals surface area contributed by atoms with E-state index >= 15 is 0 Å². The largest absolute Gasteiger partial charge is 0.317 e. The maximum atomic E-state index is 12.1. The number of carbonyl (C=O) groups excluding carboxylic acids is 1. The lowest BCUT2D eigenvalue weighted by Gasteiger charge is -2.20. The molecule has 4 heteroatoms. The first-order valence-corrected chi connectivity index (χ1v) is 6.17. The lowest BCUT2D eigenvalue weighted by Crippen LogP contribution is -2.36. The van der Waals surface area contributed by atoms with Gasteiger partial charge in [0.15, 0.2) is 0 Å². The predicted octanol–water partition coefficient (Wildman–Crippen LogP) is 1.03. The highest BCUT2D eigenvalue weighted by atomic mass is 16.2. The van der Waals surface area contributed by atoms with E-state index in [4.69, 9.17) is 0 Å². The van der Waals surface area contributed by atoms with Gasteiger partial charge in [0.05, 0.1) is 5.41 Å². The normalized spacial score (nSPS) is 29.5. The van der Waals surface area contributed by atoms with Crippen molar-refractivity contribution >= 4 is 11.7 Å². The molecule has 0 unspecified atom stereocenters. The van der Waals surface area contributed by atoms with Gasteiger partial charge in [-0.25, -0.2) is 0 Å². The maximum absolute atomic E-state index is 12.1. The van der Waals surface area contributed by atoms with E-state index in [9.17, 15) is 4.79 Å². The van der Waals surface area contributed by atoms with Crippen LogP contribution in [0.4, 0.5) is 0 Å². The van der Waals surface area contributed by atoms with Crippen LogP contribution in [0.3, 0.4) is 0 Å². The van der Waals surface area contributed by atoms with Crippen molar-refractivity contribution in [3.8, 4) is 0 Å². The molecule has 2 aliphatic heterocycles. The van der Waals surface area contributed by atoms with Gasteiger partial charge >= 0.3 is 0 Å². The molecular formula is C12H21N3O. The highest BCUT2D eigenvalue weighted by molar-refractivity contribution is 6.07. The molecule has 90 valence electrons. The zero-order valence-corrected chi connectivity index (χ0v) is 10.3. The molecule has 4 nitrogen and oxygen atoms in total. The zero-order valence-electron chi connectivity index (χ0n) is 10.3. The number of amides is 1. The van der Waals surface area contributed by atoms with Crippen LogP contribution in [-0.2, 0) is 4.79 Å². The molecule has 0 radical (unpaired) electrons. The van der Waals surface area contributed by atoms with Crippen LogP contribution >= 0.6 is 0 Å². The first-order chi connectivity index (χ1) is 7.61. The minimum Gasteiger partial charge on any atom is -0.317 e. The minimum atomic E-state index is -0.250. The van der Waals surface area contributed by atoms with Crippen LogP contribution < -0.4 is 5.32 Å². The quantitative estimate of drug-likeness (QED) is 0.666. The third kappa shape index (κ3) is 2.26. The third-order valence-electron chi connectivity index (χ3n) is 3.28. The second-order valence-electron chi connectivity index (χ2n) is 5.27. The molecule has 0 atom stereocenters. The van der Waals surface area contributed by atoms with Gasteiger partial charge in [-0.05, 0) is 25.9 Å². The van der Waals surface area contributed by atoms with Gasteiger partial charge in [0.1, 0.15) is 5.84 Å². The number of amidine groups is 1. The van der Waals surface area contributed by atoms with Crippen molar-refractivity contribution in [3.63, 3.8) is 0 Å². The molecule has 1 N–H and O–H groups in total. The van der Waals surface area contributed by atoms with Gasteiger partial charge < -0.3 is 10.2 Å². The molecule has 2 heterocycles. The summed E-state index contributed by atoms with van der Waals surface area (Å²) in [6.45, 7) is 7.72. The molecular weight excluding hydrogens is 202 g/mol. The fraction of sp³-hybridized carbons (Fsp3) is 0.833. The monoisotopic (exact) mass is 223 g/mol. The van der Waals surface area contributed by atoms with Crippen molar-refractivity contribution in [1.82, 2.24) is 10.2 Å². The van der Waals surface area contributed by atoms with E-state index in [1.807, 2.05) is 18.7 Å². The van der Waals surface area contributed by atoms with Crippen LogP contribution in [0.15, 0.2) is 4.99 Å². The summed E-state index contributed by atoms with van der Waals surface area (Å²) in [5, 5.41) is 3.36.